The summed E-state index contributed by atoms with van der Waals surface area (Å²) in [7, 11) is 0. The number of benzene rings is 5. The normalized spacial score (nSPS) is 12.1. The number of carbonyl (C=O) groups excluding carboxylic acids is 6. The number of amides is 4. The van der Waals surface area contributed by atoms with E-state index in [4.69, 9.17) is 46.4 Å². The van der Waals surface area contributed by atoms with Crippen molar-refractivity contribution in [3.8, 4) is 0 Å². The largest absolute Gasteiger partial charge is 0.324 e. The SMILES string of the molecule is CCc1cc(NC(=O)C(N=Nc2ccc(Cl)c(C(=O)Nc3ccccc3CCl)c2)C(C)=O)cc(CC)c1NC(=O)C(N=Nc1ccc(Cl)c(C(=O)Nc2ccccc2CCl)c1)C(C)=O. The molecule has 5 aromatic rings. The third-order valence-corrected chi connectivity index (χ3v) is 10.9. The number of Topliss-reactive ketones (excluding diaryl/α,β-unsaturated/α-hetero) is 2. The van der Waals surface area contributed by atoms with E-state index in [2.05, 4.69) is 41.7 Å². The van der Waals surface area contributed by atoms with Gasteiger partial charge in [0, 0.05) is 34.5 Å². The zero-order chi connectivity index (χ0) is 46.5. The highest BCUT2D eigenvalue weighted by Crippen LogP contribution is 2.30. The molecule has 0 spiro atoms. The van der Waals surface area contributed by atoms with E-state index in [9.17, 15) is 28.8 Å². The lowest BCUT2D eigenvalue weighted by Gasteiger charge is -2.19. The van der Waals surface area contributed by atoms with Gasteiger partial charge >= 0.3 is 0 Å². The van der Waals surface area contributed by atoms with Crippen molar-refractivity contribution >= 4 is 116 Å². The Bertz CT molecular complexity index is 2650. The van der Waals surface area contributed by atoms with Crippen molar-refractivity contribution in [1.82, 2.24) is 0 Å². The molecule has 5 rings (SSSR count). The van der Waals surface area contributed by atoms with Gasteiger partial charge in [-0.15, -0.1) is 23.2 Å². The number of aryl methyl sites for hydroxylation is 2. The first-order chi connectivity index (χ1) is 30.7. The average Bonchev–Trinajstić information content (AvgIpc) is 3.27. The van der Waals surface area contributed by atoms with Crippen LogP contribution in [0.5, 0.6) is 0 Å². The predicted octanol–water partition coefficient (Wildman–Crippen LogP) is 11.5. The molecule has 64 heavy (non-hydrogen) atoms. The zero-order valence-corrected chi connectivity index (χ0v) is 38.0. The minimum absolute atomic E-state index is 0.0816. The van der Waals surface area contributed by atoms with Gasteiger partial charge in [0.2, 0.25) is 12.1 Å². The van der Waals surface area contributed by atoms with Crippen LogP contribution in [0, 0.1) is 0 Å². The Balaban J connectivity index is 1.31. The molecule has 0 aliphatic carbocycles. The summed E-state index contributed by atoms with van der Waals surface area (Å²) in [5.74, 6) is -3.44. The smallest absolute Gasteiger partial charge is 0.258 e. The average molecular weight is 945 g/mol. The van der Waals surface area contributed by atoms with Crippen LogP contribution in [-0.2, 0) is 43.8 Å². The van der Waals surface area contributed by atoms with Gasteiger partial charge < -0.3 is 21.3 Å². The van der Waals surface area contributed by atoms with Gasteiger partial charge in [0.15, 0.2) is 11.6 Å². The molecular weight excluding hydrogens is 902 g/mol. The fraction of sp³-hybridized carbons (Fsp3) is 0.217. The van der Waals surface area contributed by atoms with Crippen LogP contribution >= 0.6 is 46.4 Å². The molecule has 0 radical (unpaired) electrons. The maximum atomic E-state index is 13.7. The number of halogens is 4. The van der Waals surface area contributed by atoms with Crippen LogP contribution in [0.4, 0.5) is 34.1 Å². The number of carbonyl (C=O) groups is 6. The Morgan fingerprint density at radius 3 is 1.33 bits per heavy atom. The van der Waals surface area contributed by atoms with Crippen molar-refractivity contribution in [3.63, 3.8) is 0 Å². The molecule has 14 nitrogen and oxygen atoms in total. The Hall–Kier alpha value is -6.32. The van der Waals surface area contributed by atoms with Crippen LogP contribution in [0.3, 0.4) is 0 Å². The topological polar surface area (TPSA) is 200 Å². The number of anilines is 4. The minimum atomic E-state index is -1.56. The van der Waals surface area contributed by atoms with Gasteiger partial charge in [0.25, 0.3) is 23.6 Å². The maximum absolute atomic E-state index is 13.7. The first-order valence-corrected chi connectivity index (χ1v) is 21.6. The first kappa shape index (κ1) is 48.7. The summed E-state index contributed by atoms with van der Waals surface area (Å²) in [5.41, 5.74) is 4.86. The highest BCUT2D eigenvalue weighted by molar-refractivity contribution is 6.35. The third kappa shape index (κ3) is 12.4. The monoisotopic (exact) mass is 942 g/mol. The zero-order valence-electron chi connectivity index (χ0n) is 35.0. The molecule has 0 bridgehead atoms. The van der Waals surface area contributed by atoms with E-state index in [-0.39, 0.29) is 44.3 Å². The highest BCUT2D eigenvalue weighted by atomic mass is 35.5. The molecule has 0 aliphatic heterocycles. The molecular formula is C46H42Cl4N8O6. The predicted molar refractivity (Wildman–Crippen MR) is 251 cm³/mol. The summed E-state index contributed by atoms with van der Waals surface area (Å²) in [4.78, 5) is 78.9. The van der Waals surface area contributed by atoms with Crippen LogP contribution in [0.1, 0.15) is 70.7 Å². The molecule has 4 N–H and O–H groups in total. The number of ketones is 2. The quantitative estimate of drug-likeness (QED) is 0.0382. The van der Waals surface area contributed by atoms with Crippen molar-refractivity contribution in [2.24, 2.45) is 20.5 Å². The highest BCUT2D eigenvalue weighted by Gasteiger charge is 2.27. The number of nitrogens with one attached hydrogen (secondary N) is 4. The van der Waals surface area contributed by atoms with Crippen molar-refractivity contribution in [3.05, 3.63) is 140 Å². The van der Waals surface area contributed by atoms with Crippen molar-refractivity contribution in [2.45, 2.75) is 64.4 Å². The van der Waals surface area contributed by atoms with Crippen molar-refractivity contribution in [1.29, 1.82) is 0 Å². The van der Waals surface area contributed by atoms with E-state index >= 15 is 0 Å². The van der Waals surface area contributed by atoms with Gasteiger partial charge in [-0.3, -0.25) is 28.8 Å². The minimum Gasteiger partial charge on any atom is -0.324 e. The summed E-state index contributed by atoms with van der Waals surface area (Å²) >= 11 is 24.7. The molecule has 4 amide bonds. The fourth-order valence-electron chi connectivity index (χ4n) is 6.24. The molecule has 330 valence electrons. The lowest BCUT2D eigenvalue weighted by Crippen LogP contribution is -2.33. The summed E-state index contributed by atoms with van der Waals surface area (Å²) in [6, 6.07) is 22.8. The lowest BCUT2D eigenvalue weighted by molar-refractivity contribution is -0.127. The van der Waals surface area contributed by atoms with E-state index in [1.165, 1.54) is 50.2 Å². The van der Waals surface area contributed by atoms with Gasteiger partial charge in [-0.1, -0.05) is 73.4 Å². The molecule has 2 atom stereocenters. The van der Waals surface area contributed by atoms with Gasteiger partial charge in [0.05, 0.1) is 32.5 Å². The maximum Gasteiger partial charge on any atom is 0.258 e. The van der Waals surface area contributed by atoms with E-state index in [0.29, 0.717) is 57.8 Å². The van der Waals surface area contributed by atoms with E-state index in [1.807, 2.05) is 13.8 Å². The second-order valence-electron chi connectivity index (χ2n) is 14.1. The molecule has 0 fully saturated rings. The van der Waals surface area contributed by atoms with Crippen LogP contribution < -0.4 is 21.3 Å². The lowest BCUT2D eigenvalue weighted by atomic mass is 10.0. The molecule has 0 saturated carbocycles. The molecule has 0 heterocycles. The second-order valence-corrected chi connectivity index (χ2v) is 15.5. The Kier molecular flexibility index (Phi) is 17.4. The number of rotatable bonds is 18. The second kappa shape index (κ2) is 22.9. The molecule has 2 unspecified atom stereocenters. The van der Waals surface area contributed by atoms with Crippen molar-refractivity contribution < 1.29 is 28.8 Å². The summed E-state index contributed by atoms with van der Waals surface area (Å²) < 4.78 is 0. The number of nitrogens with zero attached hydrogens (tertiary/aromatic N) is 4. The van der Waals surface area contributed by atoms with Gasteiger partial charge in [0.1, 0.15) is 0 Å². The fourth-order valence-corrected chi connectivity index (χ4v) is 7.11. The number of hydrogen-bond acceptors (Lipinski definition) is 10. The first-order valence-electron chi connectivity index (χ1n) is 19.8. The molecule has 0 saturated heterocycles. The Labute approximate surface area is 389 Å². The van der Waals surface area contributed by atoms with Crippen LogP contribution in [0.25, 0.3) is 0 Å². The molecule has 18 heteroatoms. The van der Waals surface area contributed by atoms with Gasteiger partial charge in [-0.2, -0.15) is 20.5 Å². The number of alkyl halides is 2. The third-order valence-electron chi connectivity index (χ3n) is 9.63. The standard InChI is InChI=1S/C46H42Cl4N8O6/c1-5-27-19-33(51-45(63)40(25(3)59)57-55-31-15-17-36(49)34(21-31)43(61)52-38-13-9-7-11-29(38)23-47)20-28(6-2)42(27)54-46(64)41(26(4)60)58-56-32-16-18-37(50)35(22-32)44(62)53-39-14-10-8-12-30(39)24-48/h7-22,40-41H,5-6,23-24H2,1-4H3,(H,51,63)(H,52,61)(H,53,62)(H,54,64). The van der Waals surface area contributed by atoms with E-state index in [0.717, 1.165) is 0 Å². The van der Waals surface area contributed by atoms with Crippen molar-refractivity contribution in [2.75, 3.05) is 21.3 Å². The molecule has 0 aromatic heterocycles. The van der Waals surface area contributed by atoms with Crippen LogP contribution in [-0.4, -0.2) is 47.3 Å². The van der Waals surface area contributed by atoms with E-state index < -0.39 is 47.3 Å². The van der Waals surface area contributed by atoms with Crippen LogP contribution in [0.2, 0.25) is 10.0 Å². The number of hydrogen-bond donors (Lipinski definition) is 4. The summed E-state index contributed by atoms with van der Waals surface area (Å²) in [6.07, 6.45) is 0.784. The van der Waals surface area contributed by atoms with E-state index in [1.54, 1.807) is 60.7 Å². The summed E-state index contributed by atoms with van der Waals surface area (Å²) in [5, 5.41) is 27.7. The molecule has 0 aliphatic rings. The van der Waals surface area contributed by atoms with Crippen LogP contribution in [0.15, 0.2) is 118 Å². The Morgan fingerprint density at radius 1 is 0.531 bits per heavy atom. The van der Waals surface area contributed by atoms with Gasteiger partial charge in [-0.25, -0.2) is 0 Å². The Morgan fingerprint density at radius 2 is 0.938 bits per heavy atom. The van der Waals surface area contributed by atoms with Gasteiger partial charge in [-0.05, 0) is 110 Å². The summed E-state index contributed by atoms with van der Waals surface area (Å²) in [6.45, 7) is 6.07. The molecule has 5 aromatic carbocycles. The number of para-hydroxylation sites is 2. The number of azo groups is 2.